The summed E-state index contributed by atoms with van der Waals surface area (Å²) >= 11 is 0. The molecule has 7 heteroatoms. The van der Waals surface area contributed by atoms with E-state index >= 15 is 0 Å². The van der Waals surface area contributed by atoms with Crippen molar-refractivity contribution in [3.63, 3.8) is 0 Å². The summed E-state index contributed by atoms with van der Waals surface area (Å²) in [6.07, 6.45) is 3.18. The summed E-state index contributed by atoms with van der Waals surface area (Å²) < 4.78 is 0. The van der Waals surface area contributed by atoms with Crippen LogP contribution in [0, 0.1) is 0 Å². The van der Waals surface area contributed by atoms with E-state index in [0.717, 1.165) is 5.56 Å². The highest BCUT2D eigenvalue weighted by Crippen LogP contribution is 2.12. The van der Waals surface area contributed by atoms with Gasteiger partial charge in [0.05, 0.1) is 6.04 Å². The predicted molar refractivity (Wildman–Crippen MR) is 83.6 cm³/mol. The highest BCUT2D eigenvalue weighted by atomic mass is 16.4. The largest absolute Gasteiger partial charge is 0.480 e. The number of carboxylic acids is 1. The average Bonchev–Trinajstić information content (AvgIpc) is 3.34. The third-order valence-corrected chi connectivity index (χ3v) is 3.49. The number of benzene rings is 1. The second-order valence-corrected chi connectivity index (χ2v) is 5.25. The number of carbonyl (C=O) groups is 3. The molecule has 3 atom stereocenters. The first kappa shape index (κ1) is 16.9. The Bertz CT molecular complexity index is 615. The fraction of sp³-hybridized carbons (Fsp3) is 0.312. The molecule has 122 valence electrons. The molecule has 5 N–H and O–H groups in total. The summed E-state index contributed by atoms with van der Waals surface area (Å²) in [7, 11) is 0. The summed E-state index contributed by atoms with van der Waals surface area (Å²) in [4.78, 5) is 35.1. The van der Waals surface area contributed by atoms with Crippen LogP contribution >= 0.6 is 0 Å². The Morgan fingerprint density at radius 1 is 1.26 bits per heavy atom. The summed E-state index contributed by atoms with van der Waals surface area (Å²) in [6.45, 7) is 0.225. The number of hydrogen-bond acceptors (Lipinski definition) is 5. The van der Waals surface area contributed by atoms with E-state index < -0.39 is 30.0 Å². The third-order valence-electron chi connectivity index (χ3n) is 3.49. The monoisotopic (exact) mass is 317 g/mol. The third kappa shape index (κ3) is 4.73. The Hall–Kier alpha value is -2.51. The molecule has 23 heavy (non-hydrogen) atoms. The topological polar surface area (TPSA) is 131 Å². The summed E-state index contributed by atoms with van der Waals surface area (Å²) in [5, 5.41) is 14.0. The van der Waals surface area contributed by atoms with Crippen LogP contribution in [0.15, 0.2) is 42.5 Å². The van der Waals surface area contributed by atoms with E-state index in [1.807, 2.05) is 30.3 Å². The van der Waals surface area contributed by atoms with E-state index in [4.69, 9.17) is 10.8 Å². The van der Waals surface area contributed by atoms with Crippen molar-refractivity contribution in [2.75, 3.05) is 6.54 Å². The van der Waals surface area contributed by atoms with Gasteiger partial charge in [0.25, 0.3) is 0 Å². The van der Waals surface area contributed by atoms with Gasteiger partial charge in [-0.1, -0.05) is 36.4 Å². The van der Waals surface area contributed by atoms with Crippen LogP contribution in [0.5, 0.6) is 0 Å². The minimum atomic E-state index is -1.08. The molecule has 1 aromatic carbocycles. The minimum Gasteiger partial charge on any atom is -0.480 e. The molecule has 0 saturated carbocycles. The number of amides is 1. The van der Waals surface area contributed by atoms with Crippen molar-refractivity contribution in [1.29, 1.82) is 0 Å². The van der Waals surface area contributed by atoms with Crippen molar-refractivity contribution in [2.45, 2.75) is 24.5 Å². The maximum atomic E-state index is 12.2. The molecule has 0 unspecified atom stereocenters. The molecule has 1 aromatic rings. The van der Waals surface area contributed by atoms with Gasteiger partial charge in [-0.25, -0.2) is 0 Å². The first-order chi connectivity index (χ1) is 11.0. The fourth-order valence-corrected chi connectivity index (χ4v) is 2.21. The number of aliphatic carboxylic acids is 1. The zero-order valence-electron chi connectivity index (χ0n) is 12.4. The fourth-order valence-electron chi connectivity index (χ4n) is 2.21. The van der Waals surface area contributed by atoms with Crippen molar-refractivity contribution in [2.24, 2.45) is 5.73 Å². The van der Waals surface area contributed by atoms with E-state index in [1.54, 1.807) is 0 Å². The molecule has 1 aliphatic rings. The number of ketones is 1. The van der Waals surface area contributed by atoms with Gasteiger partial charge in [0.2, 0.25) is 5.91 Å². The molecule has 2 rings (SSSR count). The van der Waals surface area contributed by atoms with Crippen molar-refractivity contribution in [3.05, 3.63) is 48.0 Å². The van der Waals surface area contributed by atoms with Crippen LogP contribution in [0.2, 0.25) is 0 Å². The maximum Gasteiger partial charge on any atom is 0.322 e. The second kappa shape index (κ2) is 7.66. The van der Waals surface area contributed by atoms with Crippen LogP contribution in [0.1, 0.15) is 5.56 Å². The highest BCUT2D eigenvalue weighted by Gasteiger charge is 2.48. The lowest BCUT2D eigenvalue weighted by Crippen LogP contribution is -2.44. The summed E-state index contributed by atoms with van der Waals surface area (Å²) in [5.74, 6) is -1.85. The van der Waals surface area contributed by atoms with Crippen molar-refractivity contribution >= 4 is 17.7 Å². The van der Waals surface area contributed by atoms with Gasteiger partial charge in [0, 0.05) is 13.0 Å². The van der Waals surface area contributed by atoms with Gasteiger partial charge in [0.1, 0.15) is 12.1 Å². The number of rotatable bonds is 8. The van der Waals surface area contributed by atoms with E-state index in [9.17, 15) is 14.4 Å². The van der Waals surface area contributed by atoms with Crippen LogP contribution in [-0.2, 0) is 20.8 Å². The molecule has 0 bridgehead atoms. The van der Waals surface area contributed by atoms with Crippen LogP contribution in [0.3, 0.4) is 0 Å². The average molecular weight is 317 g/mol. The highest BCUT2D eigenvalue weighted by molar-refractivity contribution is 6.00. The van der Waals surface area contributed by atoms with Gasteiger partial charge in [0.15, 0.2) is 5.78 Å². The Kier molecular flexibility index (Phi) is 5.61. The lowest BCUT2D eigenvalue weighted by molar-refractivity contribution is -0.137. The smallest absolute Gasteiger partial charge is 0.322 e. The summed E-state index contributed by atoms with van der Waals surface area (Å²) in [5.41, 5.74) is 6.23. The molecule has 7 nitrogen and oxygen atoms in total. The minimum absolute atomic E-state index is 0.225. The Morgan fingerprint density at radius 2 is 1.96 bits per heavy atom. The van der Waals surface area contributed by atoms with E-state index in [0.29, 0.717) is 6.42 Å². The van der Waals surface area contributed by atoms with Gasteiger partial charge in [-0.05, 0) is 11.6 Å². The van der Waals surface area contributed by atoms with Gasteiger partial charge in [-0.15, -0.1) is 0 Å². The van der Waals surface area contributed by atoms with Crippen LogP contribution in [-0.4, -0.2) is 47.4 Å². The zero-order chi connectivity index (χ0) is 16.8. The molecular formula is C16H19N3O4. The van der Waals surface area contributed by atoms with E-state index in [-0.39, 0.29) is 12.3 Å². The molecule has 0 aliphatic carbocycles. The van der Waals surface area contributed by atoms with Gasteiger partial charge < -0.3 is 16.2 Å². The lowest BCUT2D eigenvalue weighted by atomic mass is 10.0. The zero-order valence-corrected chi connectivity index (χ0v) is 12.4. The first-order valence-electron chi connectivity index (χ1n) is 7.26. The SMILES string of the molecule is NCC=CC(=O)[C@H](Cc1ccccc1)NC(=O)[C@H]1N[C@@H]1C(=O)O. The van der Waals surface area contributed by atoms with Gasteiger partial charge in [-0.2, -0.15) is 0 Å². The Morgan fingerprint density at radius 3 is 2.52 bits per heavy atom. The molecule has 1 aliphatic heterocycles. The molecule has 0 aromatic heterocycles. The molecular weight excluding hydrogens is 298 g/mol. The molecule has 1 amide bonds. The number of nitrogens with one attached hydrogen (secondary N) is 2. The van der Waals surface area contributed by atoms with Crippen molar-refractivity contribution in [3.8, 4) is 0 Å². The second-order valence-electron chi connectivity index (χ2n) is 5.25. The molecule has 1 fully saturated rings. The number of carboxylic acid groups (broad SMARTS) is 1. The van der Waals surface area contributed by atoms with Crippen molar-refractivity contribution in [1.82, 2.24) is 10.6 Å². The van der Waals surface area contributed by atoms with Crippen LogP contribution in [0.4, 0.5) is 0 Å². The number of hydrogen-bond donors (Lipinski definition) is 4. The van der Waals surface area contributed by atoms with Crippen molar-refractivity contribution < 1.29 is 19.5 Å². The first-order valence-corrected chi connectivity index (χ1v) is 7.26. The number of carbonyl (C=O) groups excluding carboxylic acids is 2. The van der Waals surface area contributed by atoms with E-state index in [2.05, 4.69) is 10.6 Å². The standard InChI is InChI=1S/C16H19N3O4/c17-8-4-7-12(20)11(9-10-5-2-1-3-6-10)18-15(21)13-14(19-13)16(22)23/h1-7,11,13-14,19H,8-9,17H2,(H,18,21)(H,22,23)/t11-,13-,14-/m0/s1. The van der Waals surface area contributed by atoms with E-state index in [1.165, 1.54) is 12.2 Å². The van der Waals surface area contributed by atoms with Crippen LogP contribution < -0.4 is 16.4 Å². The quantitative estimate of drug-likeness (QED) is 0.367. The Balaban J connectivity index is 2.04. The van der Waals surface area contributed by atoms with Crippen LogP contribution in [0.25, 0.3) is 0 Å². The lowest BCUT2D eigenvalue weighted by Gasteiger charge is -2.16. The maximum absolute atomic E-state index is 12.2. The molecule has 0 radical (unpaired) electrons. The predicted octanol–water partition coefficient (Wildman–Crippen LogP) is -0.777. The molecule has 0 spiro atoms. The normalized spacial score (nSPS) is 20.9. The number of nitrogens with two attached hydrogens (primary N) is 1. The Labute approximate surface area is 133 Å². The van der Waals surface area contributed by atoms with Gasteiger partial charge in [-0.3, -0.25) is 19.7 Å². The summed E-state index contributed by atoms with van der Waals surface area (Å²) in [6, 6.07) is 6.82. The molecule has 1 saturated heterocycles. The molecule has 1 heterocycles. The van der Waals surface area contributed by atoms with Gasteiger partial charge >= 0.3 is 5.97 Å².